The summed E-state index contributed by atoms with van der Waals surface area (Å²) in [5, 5.41) is 6.34. The van der Waals surface area contributed by atoms with Gasteiger partial charge >= 0.3 is 0 Å². The van der Waals surface area contributed by atoms with Crippen molar-refractivity contribution in [2.24, 2.45) is 0 Å². The third-order valence-corrected chi connectivity index (χ3v) is 3.69. The summed E-state index contributed by atoms with van der Waals surface area (Å²) >= 11 is 0. The Balaban J connectivity index is 1.71. The highest BCUT2D eigenvalue weighted by Crippen LogP contribution is 2.21. The van der Waals surface area contributed by atoms with Crippen molar-refractivity contribution in [3.05, 3.63) is 24.0 Å². The SMILES string of the molecule is O=C(NC1COC1)c1cccn1C1CCNCC1. The predicted octanol–water partition coefficient (Wildman–Crippen LogP) is 0.541. The van der Waals surface area contributed by atoms with Crippen LogP contribution in [0.15, 0.2) is 18.3 Å². The van der Waals surface area contributed by atoms with E-state index < -0.39 is 0 Å². The Hall–Kier alpha value is -1.33. The van der Waals surface area contributed by atoms with E-state index in [2.05, 4.69) is 15.2 Å². The molecule has 2 aliphatic rings. The molecule has 18 heavy (non-hydrogen) atoms. The number of rotatable bonds is 3. The van der Waals surface area contributed by atoms with E-state index in [1.807, 2.05) is 18.3 Å². The van der Waals surface area contributed by atoms with Crippen LogP contribution < -0.4 is 10.6 Å². The van der Waals surface area contributed by atoms with Crippen LogP contribution in [0.4, 0.5) is 0 Å². The van der Waals surface area contributed by atoms with Crippen LogP contribution in [0.1, 0.15) is 29.4 Å². The van der Waals surface area contributed by atoms with Gasteiger partial charge in [0.1, 0.15) is 5.69 Å². The number of carbonyl (C=O) groups excluding carboxylic acids is 1. The third-order valence-electron chi connectivity index (χ3n) is 3.69. The molecule has 2 aliphatic heterocycles. The molecule has 0 atom stereocenters. The zero-order chi connectivity index (χ0) is 12.4. The number of amides is 1. The molecule has 1 amide bonds. The molecule has 0 unspecified atom stereocenters. The van der Waals surface area contributed by atoms with Gasteiger partial charge in [-0.2, -0.15) is 0 Å². The summed E-state index contributed by atoms with van der Waals surface area (Å²) in [6, 6.07) is 4.49. The summed E-state index contributed by atoms with van der Waals surface area (Å²) in [7, 11) is 0. The first-order valence-electron chi connectivity index (χ1n) is 6.61. The molecule has 5 nitrogen and oxygen atoms in total. The van der Waals surface area contributed by atoms with E-state index in [0.29, 0.717) is 19.3 Å². The van der Waals surface area contributed by atoms with E-state index in [4.69, 9.17) is 4.74 Å². The number of hydrogen-bond donors (Lipinski definition) is 2. The summed E-state index contributed by atoms with van der Waals surface area (Å²) in [5.41, 5.74) is 0.772. The van der Waals surface area contributed by atoms with E-state index >= 15 is 0 Å². The summed E-state index contributed by atoms with van der Waals surface area (Å²) in [5.74, 6) is 0.0202. The maximum atomic E-state index is 12.2. The lowest BCUT2D eigenvalue weighted by Gasteiger charge is -2.29. The Morgan fingerprint density at radius 3 is 2.83 bits per heavy atom. The maximum absolute atomic E-state index is 12.2. The van der Waals surface area contributed by atoms with Crippen LogP contribution in [0.2, 0.25) is 0 Å². The first-order chi connectivity index (χ1) is 8.84. The molecular weight excluding hydrogens is 230 g/mol. The normalized spacial score (nSPS) is 21.6. The van der Waals surface area contributed by atoms with Crippen molar-refractivity contribution in [3.63, 3.8) is 0 Å². The first-order valence-corrected chi connectivity index (χ1v) is 6.61. The smallest absolute Gasteiger partial charge is 0.268 e. The number of nitrogens with one attached hydrogen (secondary N) is 2. The Bertz CT molecular complexity index is 420. The topological polar surface area (TPSA) is 55.3 Å². The second-order valence-electron chi connectivity index (χ2n) is 4.99. The van der Waals surface area contributed by atoms with Gasteiger partial charge in [-0.3, -0.25) is 4.79 Å². The molecule has 5 heteroatoms. The van der Waals surface area contributed by atoms with Crippen LogP contribution in [-0.2, 0) is 4.74 Å². The zero-order valence-corrected chi connectivity index (χ0v) is 10.4. The molecule has 0 radical (unpaired) electrons. The summed E-state index contributed by atoms with van der Waals surface area (Å²) in [6.07, 6.45) is 4.19. The van der Waals surface area contributed by atoms with Crippen LogP contribution >= 0.6 is 0 Å². The average molecular weight is 249 g/mol. The minimum atomic E-state index is 0.0202. The molecule has 2 fully saturated rings. The van der Waals surface area contributed by atoms with Crippen LogP contribution in [0.25, 0.3) is 0 Å². The van der Waals surface area contributed by atoms with Crippen molar-refractivity contribution in [2.45, 2.75) is 24.9 Å². The van der Waals surface area contributed by atoms with Gasteiger partial charge in [-0.05, 0) is 38.1 Å². The largest absolute Gasteiger partial charge is 0.377 e. The van der Waals surface area contributed by atoms with Crippen molar-refractivity contribution in [1.29, 1.82) is 0 Å². The highest BCUT2D eigenvalue weighted by atomic mass is 16.5. The molecule has 0 saturated carbocycles. The molecule has 0 spiro atoms. The van der Waals surface area contributed by atoms with Crippen LogP contribution in [0, 0.1) is 0 Å². The van der Waals surface area contributed by atoms with E-state index in [1.165, 1.54) is 0 Å². The van der Waals surface area contributed by atoms with E-state index in [9.17, 15) is 4.79 Å². The summed E-state index contributed by atoms with van der Waals surface area (Å²) in [6.45, 7) is 3.33. The Morgan fingerprint density at radius 2 is 2.17 bits per heavy atom. The average Bonchev–Trinajstić information content (AvgIpc) is 2.84. The molecule has 3 heterocycles. The van der Waals surface area contributed by atoms with E-state index in [1.54, 1.807) is 0 Å². The Kier molecular flexibility index (Phi) is 3.34. The Labute approximate surface area is 106 Å². The number of carbonyl (C=O) groups is 1. The summed E-state index contributed by atoms with van der Waals surface area (Å²) < 4.78 is 7.19. The van der Waals surface area contributed by atoms with Crippen molar-refractivity contribution < 1.29 is 9.53 Å². The predicted molar refractivity (Wildman–Crippen MR) is 67.6 cm³/mol. The van der Waals surface area contributed by atoms with Gasteiger partial charge in [0.05, 0.1) is 19.3 Å². The van der Waals surface area contributed by atoms with Gasteiger partial charge < -0.3 is 19.9 Å². The minimum absolute atomic E-state index is 0.0202. The molecular formula is C13H19N3O2. The number of hydrogen-bond acceptors (Lipinski definition) is 3. The molecule has 2 N–H and O–H groups in total. The van der Waals surface area contributed by atoms with Gasteiger partial charge in [-0.1, -0.05) is 0 Å². The lowest BCUT2D eigenvalue weighted by Crippen LogP contribution is -2.49. The molecule has 3 rings (SSSR count). The molecule has 2 saturated heterocycles. The molecule has 1 aromatic rings. The molecule has 1 aromatic heterocycles. The monoisotopic (exact) mass is 249 g/mol. The van der Waals surface area contributed by atoms with Crippen molar-refractivity contribution in [1.82, 2.24) is 15.2 Å². The second-order valence-corrected chi connectivity index (χ2v) is 4.99. The van der Waals surface area contributed by atoms with Gasteiger partial charge in [0.2, 0.25) is 0 Å². The van der Waals surface area contributed by atoms with E-state index in [-0.39, 0.29) is 11.9 Å². The Morgan fingerprint density at radius 1 is 1.39 bits per heavy atom. The van der Waals surface area contributed by atoms with Gasteiger partial charge in [0, 0.05) is 12.2 Å². The van der Waals surface area contributed by atoms with Gasteiger partial charge in [0.15, 0.2) is 0 Å². The second kappa shape index (κ2) is 5.12. The number of aromatic nitrogens is 1. The van der Waals surface area contributed by atoms with Crippen molar-refractivity contribution >= 4 is 5.91 Å². The highest BCUT2D eigenvalue weighted by molar-refractivity contribution is 5.93. The first kappa shape index (κ1) is 11.7. The fourth-order valence-electron chi connectivity index (χ4n) is 2.57. The van der Waals surface area contributed by atoms with Gasteiger partial charge in [-0.15, -0.1) is 0 Å². The third kappa shape index (κ3) is 2.28. The minimum Gasteiger partial charge on any atom is -0.377 e. The molecule has 0 aromatic carbocycles. The number of ether oxygens (including phenoxy) is 1. The lowest BCUT2D eigenvalue weighted by atomic mass is 10.1. The lowest BCUT2D eigenvalue weighted by molar-refractivity contribution is -0.00365. The summed E-state index contributed by atoms with van der Waals surface area (Å²) in [4.78, 5) is 12.2. The standard InChI is InChI=1S/C13H19N3O2/c17-13(15-10-8-18-9-10)12-2-1-7-16(12)11-3-5-14-6-4-11/h1-2,7,10-11,14H,3-6,8-9H2,(H,15,17). The molecule has 0 bridgehead atoms. The molecule has 0 aliphatic carbocycles. The zero-order valence-electron chi connectivity index (χ0n) is 10.4. The number of piperidine rings is 1. The van der Waals surface area contributed by atoms with Crippen molar-refractivity contribution in [2.75, 3.05) is 26.3 Å². The van der Waals surface area contributed by atoms with E-state index in [0.717, 1.165) is 31.6 Å². The molecule has 98 valence electrons. The van der Waals surface area contributed by atoms with Gasteiger partial charge in [0.25, 0.3) is 5.91 Å². The van der Waals surface area contributed by atoms with Crippen LogP contribution in [0.5, 0.6) is 0 Å². The quantitative estimate of drug-likeness (QED) is 0.822. The fraction of sp³-hybridized carbons (Fsp3) is 0.615. The highest BCUT2D eigenvalue weighted by Gasteiger charge is 2.24. The van der Waals surface area contributed by atoms with Crippen LogP contribution in [-0.4, -0.2) is 42.8 Å². The van der Waals surface area contributed by atoms with Crippen LogP contribution in [0.3, 0.4) is 0 Å². The van der Waals surface area contributed by atoms with Crippen molar-refractivity contribution in [3.8, 4) is 0 Å². The number of nitrogens with zero attached hydrogens (tertiary/aromatic N) is 1. The maximum Gasteiger partial charge on any atom is 0.268 e. The van der Waals surface area contributed by atoms with Gasteiger partial charge in [-0.25, -0.2) is 0 Å². The fourth-order valence-corrected chi connectivity index (χ4v) is 2.57.